The zero-order valence-corrected chi connectivity index (χ0v) is 20.6. The van der Waals surface area contributed by atoms with Crippen LogP contribution in [-0.4, -0.2) is 58.2 Å². The van der Waals surface area contributed by atoms with Gasteiger partial charge in [0.2, 0.25) is 0 Å². The first-order valence-corrected chi connectivity index (χ1v) is 11.9. The highest BCUT2D eigenvalue weighted by Crippen LogP contribution is 2.29. The molecule has 1 aliphatic rings. The summed E-state index contributed by atoms with van der Waals surface area (Å²) in [7, 11) is 0. The van der Waals surface area contributed by atoms with Crippen LogP contribution in [-0.2, 0) is 0 Å². The van der Waals surface area contributed by atoms with Crippen LogP contribution in [0.25, 0.3) is 11.3 Å². The lowest BCUT2D eigenvalue weighted by molar-refractivity contribution is 0.0942. The number of nitrogens with two attached hydrogens (primary N) is 2. The number of piperidine rings is 1. The second kappa shape index (κ2) is 10.9. The Hall–Kier alpha value is -4.09. The number of aliphatic hydroxyl groups is 1. The summed E-state index contributed by atoms with van der Waals surface area (Å²) >= 11 is 0. The first kappa shape index (κ1) is 26.0. The number of nitrogens with one attached hydrogen (secondary N) is 2. The van der Waals surface area contributed by atoms with Crippen LogP contribution in [0.1, 0.15) is 41.1 Å². The van der Waals surface area contributed by atoms with Gasteiger partial charge in [0.1, 0.15) is 5.82 Å². The molecule has 3 aromatic rings. The minimum absolute atomic E-state index is 0.0613. The van der Waals surface area contributed by atoms with E-state index in [-0.39, 0.29) is 46.2 Å². The average Bonchev–Trinajstić information content (AvgIpc) is 2.86. The maximum Gasteiger partial charge on any atom is 0.276 e. The van der Waals surface area contributed by atoms with Crippen LogP contribution in [0.15, 0.2) is 48.8 Å². The van der Waals surface area contributed by atoms with Crippen molar-refractivity contribution < 1.29 is 19.1 Å². The van der Waals surface area contributed by atoms with Gasteiger partial charge in [-0.3, -0.25) is 14.6 Å². The van der Waals surface area contributed by atoms with Crippen LogP contribution >= 0.6 is 0 Å². The van der Waals surface area contributed by atoms with E-state index >= 15 is 0 Å². The van der Waals surface area contributed by atoms with Crippen LogP contribution in [0.2, 0.25) is 0 Å². The van der Waals surface area contributed by atoms with Gasteiger partial charge in [-0.2, -0.15) is 0 Å². The average molecular weight is 508 g/mol. The molecule has 1 saturated heterocycles. The molecule has 1 aliphatic heterocycles. The van der Waals surface area contributed by atoms with Crippen molar-refractivity contribution in [3.63, 3.8) is 0 Å². The third-order valence-electron chi connectivity index (χ3n) is 6.09. The molecule has 1 fully saturated rings. The maximum absolute atomic E-state index is 14.7. The van der Waals surface area contributed by atoms with E-state index < -0.39 is 17.8 Å². The second-order valence-electron chi connectivity index (χ2n) is 9.27. The fraction of sp³-hybridized carbons (Fsp3) is 0.308. The molecule has 2 amide bonds. The van der Waals surface area contributed by atoms with Gasteiger partial charge in [-0.15, -0.1) is 0 Å². The first-order valence-electron chi connectivity index (χ1n) is 11.9. The summed E-state index contributed by atoms with van der Waals surface area (Å²) in [6.07, 6.45) is 2.97. The van der Waals surface area contributed by atoms with Crippen molar-refractivity contribution in [2.24, 2.45) is 5.73 Å². The van der Waals surface area contributed by atoms with Crippen LogP contribution in [0.3, 0.4) is 0 Å². The lowest BCUT2D eigenvalue weighted by Gasteiger charge is -2.36. The number of nitrogen functional groups attached to an aromatic ring is 1. The molecule has 11 heteroatoms. The molecule has 7 N–H and O–H groups in total. The molecule has 10 nitrogen and oxygen atoms in total. The van der Waals surface area contributed by atoms with Crippen molar-refractivity contribution in [1.82, 2.24) is 15.3 Å². The normalized spacial score (nSPS) is 17.5. The van der Waals surface area contributed by atoms with E-state index in [0.717, 1.165) is 0 Å². The Bertz CT molecular complexity index is 1320. The van der Waals surface area contributed by atoms with Crippen LogP contribution in [0.5, 0.6) is 0 Å². The number of carbonyl (C=O) groups is 2. The lowest BCUT2D eigenvalue weighted by Crippen LogP contribution is -2.50. The number of benzene rings is 1. The summed E-state index contributed by atoms with van der Waals surface area (Å²) < 4.78 is 14.7. The van der Waals surface area contributed by atoms with E-state index in [1.54, 1.807) is 12.3 Å². The Balaban J connectivity index is 1.62. The van der Waals surface area contributed by atoms with E-state index in [1.807, 2.05) is 18.7 Å². The Morgan fingerprint density at radius 2 is 1.97 bits per heavy atom. The molecule has 0 aliphatic carbocycles. The van der Waals surface area contributed by atoms with Gasteiger partial charge in [-0.05, 0) is 56.7 Å². The number of amides is 2. The van der Waals surface area contributed by atoms with Crippen LogP contribution in [0.4, 0.5) is 21.5 Å². The number of aromatic nitrogens is 2. The molecule has 0 bridgehead atoms. The van der Waals surface area contributed by atoms with E-state index in [9.17, 15) is 19.1 Å². The van der Waals surface area contributed by atoms with Crippen molar-refractivity contribution in [2.45, 2.75) is 38.5 Å². The Kier molecular flexibility index (Phi) is 7.65. The van der Waals surface area contributed by atoms with Crippen LogP contribution in [0, 0.1) is 5.82 Å². The number of pyridine rings is 2. The van der Waals surface area contributed by atoms with Crippen molar-refractivity contribution >= 4 is 28.9 Å². The predicted molar refractivity (Wildman–Crippen MR) is 140 cm³/mol. The van der Waals surface area contributed by atoms with Gasteiger partial charge in [-0.25, -0.2) is 9.37 Å². The summed E-state index contributed by atoms with van der Waals surface area (Å²) in [5.41, 5.74) is 13.5. The van der Waals surface area contributed by atoms with Gasteiger partial charge in [0.05, 0.1) is 35.1 Å². The minimum atomic E-state index is -0.701. The van der Waals surface area contributed by atoms with Gasteiger partial charge in [0, 0.05) is 42.5 Å². The van der Waals surface area contributed by atoms with Crippen molar-refractivity contribution in [3.8, 4) is 11.3 Å². The number of hydrogen-bond acceptors (Lipinski definition) is 8. The summed E-state index contributed by atoms with van der Waals surface area (Å²) in [6.45, 7) is 4.56. The van der Waals surface area contributed by atoms with Gasteiger partial charge in [-0.1, -0.05) is 0 Å². The largest absolute Gasteiger partial charge is 0.397 e. The molecule has 0 spiro atoms. The van der Waals surface area contributed by atoms with Gasteiger partial charge < -0.3 is 32.1 Å². The second-order valence-corrected chi connectivity index (χ2v) is 9.27. The number of nitrogens with zero attached hydrogens (tertiary/aromatic N) is 3. The van der Waals surface area contributed by atoms with E-state index in [0.29, 0.717) is 30.9 Å². The molecular weight excluding hydrogens is 477 g/mol. The smallest absolute Gasteiger partial charge is 0.276 e. The van der Waals surface area contributed by atoms with Gasteiger partial charge >= 0.3 is 0 Å². The van der Waals surface area contributed by atoms with Crippen molar-refractivity contribution in [3.05, 3.63) is 65.9 Å². The maximum atomic E-state index is 14.7. The molecule has 3 heterocycles. The highest BCUT2D eigenvalue weighted by atomic mass is 19.1. The van der Waals surface area contributed by atoms with Gasteiger partial charge in [0.15, 0.2) is 5.69 Å². The lowest BCUT2D eigenvalue weighted by atomic mass is 10.0. The molecule has 2 atom stereocenters. The molecule has 4 rings (SSSR count). The number of rotatable bonds is 6. The molecule has 2 aromatic heterocycles. The molecule has 37 heavy (non-hydrogen) atoms. The number of anilines is 3. The number of aliphatic hydroxyl groups excluding tert-OH is 1. The molecule has 194 valence electrons. The number of hydrogen-bond donors (Lipinski definition) is 5. The first-order chi connectivity index (χ1) is 17.6. The Morgan fingerprint density at radius 3 is 2.70 bits per heavy atom. The molecule has 0 radical (unpaired) electrons. The topological polar surface area (TPSA) is 159 Å². The summed E-state index contributed by atoms with van der Waals surface area (Å²) in [5, 5.41) is 15.7. The van der Waals surface area contributed by atoms with E-state index in [4.69, 9.17) is 11.5 Å². The van der Waals surface area contributed by atoms with E-state index in [2.05, 4.69) is 20.6 Å². The van der Waals surface area contributed by atoms with E-state index in [1.165, 1.54) is 36.5 Å². The fourth-order valence-corrected chi connectivity index (χ4v) is 4.12. The quantitative estimate of drug-likeness (QED) is 0.339. The number of β-amino-alcohol motifs (C(OH)–C–C–N with tert-alkyl or cyclic N) is 1. The van der Waals surface area contributed by atoms with Crippen LogP contribution < -0.4 is 27.0 Å². The summed E-state index contributed by atoms with van der Waals surface area (Å²) in [5.74, 6) is -1.56. The Morgan fingerprint density at radius 1 is 1.19 bits per heavy atom. The van der Waals surface area contributed by atoms with Crippen molar-refractivity contribution in [2.75, 3.05) is 29.0 Å². The highest BCUT2D eigenvalue weighted by molar-refractivity contribution is 6.08. The number of halogens is 1. The van der Waals surface area contributed by atoms with Crippen molar-refractivity contribution in [1.29, 1.82) is 0 Å². The zero-order valence-electron chi connectivity index (χ0n) is 20.6. The Labute approximate surface area is 213 Å². The summed E-state index contributed by atoms with van der Waals surface area (Å²) in [4.78, 5) is 36.0. The van der Waals surface area contributed by atoms with Gasteiger partial charge in [0.25, 0.3) is 11.8 Å². The molecule has 2 unspecified atom stereocenters. The molecule has 0 saturated carbocycles. The number of carbonyl (C=O) groups excluding carboxylic acids is 2. The predicted octanol–water partition coefficient (Wildman–Crippen LogP) is 2.15. The third kappa shape index (κ3) is 5.84. The third-order valence-corrected chi connectivity index (χ3v) is 6.09. The fourth-order valence-electron chi connectivity index (χ4n) is 4.12. The molecule has 1 aromatic carbocycles. The highest BCUT2D eigenvalue weighted by Gasteiger charge is 2.27. The summed E-state index contributed by atoms with van der Waals surface area (Å²) in [6, 6.07) is 8.24. The minimum Gasteiger partial charge on any atom is -0.397 e. The monoisotopic (exact) mass is 507 g/mol. The molecular formula is C26H30FN7O3. The zero-order chi connectivity index (χ0) is 26.7. The standard InChI is InChI=1S/C26H30FN7O3/c1-14(2)31-25(36)15-3-4-17(27)16(11-15)20-6-5-19(29)24(32-20)26(37)33-21-12-30-9-7-22(21)34-10-8-18(28)23(35)13-34/h3-7,9,11-12,14,18,23,35H,8,10,13,28-29H2,1-2H3,(H,31,36)(H,33,37). The SMILES string of the molecule is CC(C)NC(=O)c1ccc(F)c(-c2ccc(N)c(C(=O)Nc3cnccc3N3CCC(N)C(O)C3)n2)c1.